The normalized spacial score (nSPS) is 20.1. The highest BCUT2D eigenvalue weighted by molar-refractivity contribution is 7.92. The van der Waals surface area contributed by atoms with Crippen LogP contribution in [0.1, 0.15) is 44.2 Å². The molecule has 1 aliphatic carbocycles. The smallest absolute Gasteiger partial charge is 0.153 e. The van der Waals surface area contributed by atoms with Crippen molar-refractivity contribution < 1.29 is 8.42 Å². The molecule has 0 spiro atoms. The molecule has 0 saturated heterocycles. The molecule has 108 valence electrons. The summed E-state index contributed by atoms with van der Waals surface area (Å²) in [5.74, 6) is 0.323. The highest BCUT2D eigenvalue weighted by atomic mass is 32.2. The molecule has 3 rings (SSSR count). The maximum Gasteiger partial charge on any atom is 0.153 e. The first kappa shape index (κ1) is 13.8. The van der Waals surface area contributed by atoms with E-state index in [-0.39, 0.29) is 10.7 Å². The van der Waals surface area contributed by atoms with Gasteiger partial charge in [0.15, 0.2) is 9.84 Å². The summed E-state index contributed by atoms with van der Waals surface area (Å²) >= 11 is 0. The Morgan fingerprint density at radius 2 is 2.05 bits per heavy atom. The monoisotopic (exact) mass is 291 g/mol. The molecule has 1 aromatic carbocycles. The molecule has 0 aromatic heterocycles. The van der Waals surface area contributed by atoms with E-state index in [9.17, 15) is 8.42 Å². The molecule has 1 aliphatic heterocycles. The molecule has 2 aliphatic rings. The summed E-state index contributed by atoms with van der Waals surface area (Å²) in [4.78, 5) is 4.46. The Morgan fingerprint density at radius 1 is 1.30 bits per heavy atom. The van der Waals surface area contributed by atoms with Crippen molar-refractivity contribution in [3.8, 4) is 0 Å². The van der Waals surface area contributed by atoms with Crippen LogP contribution >= 0.6 is 0 Å². The number of nitrogens with zero attached hydrogens (tertiary/aromatic N) is 1. The van der Waals surface area contributed by atoms with Gasteiger partial charge in [0.2, 0.25) is 0 Å². The van der Waals surface area contributed by atoms with Gasteiger partial charge in [0, 0.05) is 11.6 Å². The van der Waals surface area contributed by atoms with Gasteiger partial charge in [-0.15, -0.1) is 0 Å². The second-order valence-corrected chi connectivity index (χ2v) is 8.90. The van der Waals surface area contributed by atoms with Crippen molar-refractivity contribution in [2.75, 3.05) is 5.75 Å². The summed E-state index contributed by atoms with van der Waals surface area (Å²) in [6.07, 6.45) is 5.24. The van der Waals surface area contributed by atoms with Crippen LogP contribution in [-0.2, 0) is 21.7 Å². The van der Waals surface area contributed by atoms with E-state index in [0.29, 0.717) is 12.2 Å². The molecule has 1 saturated carbocycles. The van der Waals surface area contributed by atoms with E-state index in [1.807, 2.05) is 6.21 Å². The fourth-order valence-corrected chi connectivity index (χ4v) is 4.49. The number of aryl methyl sites for hydroxylation is 1. The molecule has 3 nitrogen and oxygen atoms in total. The van der Waals surface area contributed by atoms with Gasteiger partial charge in [-0.2, -0.15) is 0 Å². The molecule has 0 N–H and O–H groups in total. The van der Waals surface area contributed by atoms with Crippen LogP contribution in [0.5, 0.6) is 0 Å². The highest BCUT2D eigenvalue weighted by Crippen LogP contribution is 2.37. The number of benzene rings is 1. The molecule has 1 heterocycles. The number of sulfone groups is 1. The number of aliphatic imine (C=N–C) groups is 1. The second-order valence-electron chi connectivity index (χ2n) is 6.50. The van der Waals surface area contributed by atoms with Crippen LogP contribution in [0.3, 0.4) is 0 Å². The van der Waals surface area contributed by atoms with Gasteiger partial charge in [0.1, 0.15) is 0 Å². The average Bonchev–Trinajstić information content (AvgIpc) is 3.17. The van der Waals surface area contributed by atoms with Crippen LogP contribution in [0.25, 0.3) is 0 Å². The minimum atomic E-state index is -2.82. The van der Waals surface area contributed by atoms with Crippen molar-refractivity contribution in [1.29, 1.82) is 0 Å². The van der Waals surface area contributed by atoms with Crippen LogP contribution in [0.2, 0.25) is 0 Å². The third-order valence-electron chi connectivity index (χ3n) is 4.21. The first-order valence-corrected chi connectivity index (χ1v) is 9.00. The molecule has 0 radical (unpaired) electrons. The van der Waals surface area contributed by atoms with E-state index in [0.717, 1.165) is 24.9 Å². The van der Waals surface area contributed by atoms with Crippen molar-refractivity contribution in [2.45, 2.75) is 50.2 Å². The van der Waals surface area contributed by atoms with Gasteiger partial charge in [-0.05, 0) is 42.9 Å². The molecular weight excluding hydrogens is 270 g/mol. The Hall–Kier alpha value is -1.16. The lowest BCUT2D eigenvalue weighted by molar-refractivity contribution is 0.592. The first-order chi connectivity index (χ1) is 9.38. The average molecular weight is 291 g/mol. The zero-order valence-corrected chi connectivity index (χ0v) is 12.9. The zero-order valence-electron chi connectivity index (χ0n) is 12.1. The molecule has 0 atom stereocenters. The van der Waals surface area contributed by atoms with Gasteiger partial charge in [-0.1, -0.05) is 26.0 Å². The van der Waals surface area contributed by atoms with Crippen molar-refractivity contribution in [2.24, 2.45) is 4.99 Å². The Balaban J connectivity index is 1.63. The van der Waals surface area contributed by atoms with E-state index in [4.69, 9.17) is 0 Å². The maximum absolute atomic E-state index is 11.8. The number of fused-ring (bicyclic) bond motifs is 1. The Labute approximate surface area is 121 Å². The Kier molecular flexibility index (Phi) is 3.24. The number of hydrogen-bond donors (Lipinski definition) is 0. The fourth-order valence-electron chi connectivity index (χ4n) is 2.76. The molecule has 1 fully saturated rings. The standard InChI is InChI=1S/C16H21NO2S/c1-16(2)11-17-15-10-12(5-8-14(15)16)4-3-9-20(18,19)13-6-7-13/h5,8,10-11,13H,3-4,6-7,9H2,1-2H3. The third kappa shape index (κ3) is 2.66. The predicted molar refractivity (Wildman–Crippen MR) is 82.7 cm³/mol. The maximum atomic E-state index is 11.8. The van der Waals surface area contributed by atoms with Gasteiger partial charge in [0.05, 0.1) is 16.7 Å². The number of rotatable bonds is 5. The SMILES string of the molecule is CC1(C)C=Nc2cc(CCCS(=O)(=O)C3CC3)ccc21. The summed E-state index contributed by atoms with van der Waals surface area (Å²) in [6.45, 7) is 4.31. The zero-order chi connectivity index (χ0) is 14.4. The molecule has 4 heteroatoms. The Morgan fingerprint density at radius 3 is 2.75 bits per heavy atom. The molecule has 1 aromatic rings. The summed E-state index contributed by atoms with van der Waals surface area (Å²) in [6, 6.07) is 6.34. The predicted octanol–water partition coefficient (Wildman–Crippen LogP) is 3.19. The molecule has 0 unspecified atom stereocenters. The summed E-state index contributed by atoms with van der Waals surface area (Å²) in [7, 11) is -2.82. The first-order valence-electron chi connectivity index (χ1n) is 7.29. The van der Waals surface area contributed by atoms with Crippen LogP contribution in [0.15, 0.2) is 23.2 Å². The fraction of sp³-hybridized carbons (Fsp3) is 0.562. The minimum Gasteiger partial charge on any atom is -0.260 e. The lowest BCUT2D eigenvalue weighted by Crippen LogP contribution is -2.14. The van der Waals surface area contributed by atoms with Gasteiger partial charge in [0.25, 0.3) is 0 Å². The second kappa shape index (κ2) is 4.69. The molecule has 0 bridgehead atoms. The summed E-state index contributed by atoms with van der Waals surface area (Å²) in [5, 5.41) is -0.0343. The van der Waals surface area contributed by atoms with Crippen molar-refractivity contribution >= 4 is 21.7 Å². The van der Waals surface area contributed by atoms with E-state index in [2.05, 4.69) is 37.0 Å². The highest BCUT2D eigenvalue weighted by Gasteiger charge is 2.34. The lowest BCUT2D eigenvalue weighted by atomic mass is 9.86. The van der Waals surface area contributed by atoms with Crippen molar-refractivity contribution in [1.82, 2.24) is 0 Å². The minimum absolute atomic E-state index is 0.0170. The molecular formula is C16H21NO2S. The van der Waals surface area contributed by atoms with Gasteiger partial charge in [-0.25, -0.2) is 8.42 Å². The van der Waals surface area contributed by atoms with Gasteiger partial charge >= 0.3 is 0 Å². The van der Waals surface area contributed by atoms with E-state index in [1.165, 1.54) is 11.1 Å². The van der Waals surface area contributed by atoms with Crippen molar-refractivity contribution in [3.05, 3.63) is 29.3 Å². The van der Waals surface area contributed by atoms with E-state index >= 15 is 0 Å². The third-order valence-corrected chi connectivity index (χ3v) is 6.55. The summed E-state index contributed by atoms with van der Waals surface area (Å²) < 4.78 is 23.7. The molecule has 0 amide bonds. The summed E-state index contributed by atoms with van der Waals surface area (Å²) in [5.41, 5.74) is 3.50. The number of hydrogen-bond acceptors (Lipinski definition) is 3. The van der Waals surface area contributed by atoms with Crippen LogP contribution in [0.4, 0.5) is 5.69 Å². The topological polar surface area (TPSA) is 46.5 Å². The molecule has 20 heavy (non-hydrogen) atoms. The quantitative estimate of drug-likeness (QED) is 0.836. The van der Waals surface area contributed by atoms with E-state index < -0.39 is 9.84 Å². The van der Waals surface area contributed by atoms with Crippen LogP contribution in [-0.4, -0.2) is 25.6 Å². The van der Waals surface area contributed by atoms with Crippen LogP contribution in [0, 0.1) is 0 Å². The lowest BCUT2D eigenvalue weighted by Gasteiger charge is -2.15. The van der Waals surface area contributed by atoms with Gasteiger partial charge < -0.3 is 0 Å². The van der Waals surface area contributed by atoms with Crippen molar-refractivity contribution in [3.63, 3.8) is 0 Å². The van der Waals surface area contributed by atoms with Gasteiger partial charge in [-0.3, -0.25) is 4.99 Å². The Bertz CT molecular complexity index is 655. The van der Waals surface area contributed by atoms with E-state index in [1.54, 1.807) is 0 Å². The largest absolute Gasteiger partial charge is 0.260 e. The van der Waals surface area contributed by atoms with Crippen LogP contribution < -0.4 is 0 Å².